The van der Waals surface area contributed by atoms with Crippen LogP contribution in [0.15, 0.2) is 91.0 Å². The Balaban J connectivity index is 1.31. The predicted molar refractivity (Wildman–Crippen MR) is 178 cm³/mol. The Morgan fingerprint density at radius 2 is 1.07 bits per heavy atom. The van der Waals surface area contributed by atoms with Gasteiger partial charge in [-0.15, -0.1) is 0 Å². The van der Waals surface area contributed by atoms with Gasteiger partial charge in [0.15, 0.2) is 0 Å². The van der Waals surface area contributed by atoms with Gasteiger partial charge in [0.05, 0.1) is 6.61 Å². The van der Waals surface area contributed by atoms with Crippen LogP contribution in [0, 0.1) is 35.5 Å². The third kappa shape index (κ3) is 7.43. The Kier molecular flexibility index (Phi) is 9.63. The second kappa shape index (κ2) is 14.1. The fourth-order valence-electron chi connectivity index (χ4n) is 4.81. The first-order chi connectivity index (χ1) is 20.6. The molecule has 0 aliphatic carbocycles. The number of fused-ring (bicyclic) bond motifs is 2. The smallest absolute Gasteiger partial charge is 0.119 e. The summed E-state index contributed by atoms with van der Waals surface area (Å²) in [7, 11) is 0. The van der Waals surface area contributed by atoms with E-state index in [1.165, 1.54) is 22.8 Å². The van der Waals surface area contributed by atoms with Gasteiger partial charge in [-0.3, -0.25) is 0 Å². The first-order valence-corrected chi connectivity index (χ1v) is 15.0. The van der Waals surface area contributed by atoms with E-state index in [-0.39, 0.29) is 0 Å². The number of rotatable bonds is 6. The van der Waals surface area contributed by atoms with Crippen LogP contribution in [0.5, 0.6) is 5.75 Å². The van der Waals surface area contributed by atoms with Crippen molar-refractivity contribution in [3.8, 4) is 41.3 Å². The standard InChI is InChI=1S/C41H36O/c1-4-7-8-9-10-31-15-20-38-29-34(16-21-37(38)27-31)14-19-36-18-13-32(26-35(36)6-3)11-12-33-17-22-40-30-41(42-25-5-2)24-23-39(40)28-33/h13,15-18,20-24,26-30H,4-8,25H2,1-3H3. The van der Waals surface area contributed by atoms with Crippen LogP contribution in [0.4, 0.5) is 0 Å². The van der Waals surface area contributed by atoms with E-state index in [4.69, 9.17) is 4.74 Å². The molecule has 206 valence electrons. The largest absolute Gasteiger partial charge is 0.494 e. The van der Waals surface area contributed by atoms with E-state index in [0.29, 0.717) is 0 Å². The highest BCUT2D eigenvalue weighted by Crippen LogP contribution is 2.22. The lowest BCUT2D eigenvalue weighted by Crippen LogP contribution is -1.94. The van der Waals surface area contributed by atoms with Crippen LogP contribution >= 0.6 is 0 Å². The minimum atomic E-state index is 0.735. The van der Waals surface area contributed by atoms with Crippen molar-refractivity contribution in [2.24, 2.45) is 0 Å². The third-order valence-electron chi connectivity index (χ3n) is 7.19. The zero-order valence-electron chi connectivity index (χ0n) is 24.8. The molecule has 0 fully saturated rings. The molecule has 0 atom stereocenters. The van der Waals surface area contributed by atoms with E-state index in [1.807, 2.05) is 6.07 Å². The fraction of sp³-hybridized carbons (Fsp3) is 0.220. The number of hydrogen-bond acceptors (Lipinski definition) is 1. The highest BCUT2D eigenvalue weighted by molar-refractivity contribution is 5.86. The van der Waals surface area contributed by atoms with Crippen LogP contribution in [0.3, 0.4) is 0 Å². The van der Waals surface area contributed by atoms with Crippen LogP contribution in [-0.2, 0) is 6.42 Å². The molecule has 0 heterocycles. The molecule has 0 spiro atoms. The molecule has 0 amide bonds. The second-order valence-electron chi connectivity index (χ2n) is 10.5. The minimum absolute atomic E-state index is 0.735. The number of aryl methyl sites for hydroxylation is 1. The average molecular weight is 545 g/mol. The first kappa shape index (κ1) is 28.6. The number of unbranched alkanes of at least 4 members (excludes halogenated alkanes) is 2. The Morgan fingerprint density at radius 3 is 1.69 bits per heavy atom. The van der Waals surface area contributed by atoms with E-state index in [2.05, 4.69) is 141 Å². The first-order valence-electron chi connectivity index (χ1n) is 15.0. The lowest BCUT2D eigenvalue weighted by molar-refractivity contribution is 0.318. The molecule has 0 aliphatic heterocycles. The predicted octanol–water partition coefficient (Wildman–Crippen LogP) is 9.69. The zero-order valence-corrected chi connectivity index (χ0v) is 24.8. The Bertz CT molecular complexity index is 1910. The Hall–Kier alpha value is -4.90. The monoisotopic (exact) mass is 544 g/mol. The van der Waals surface area contributed by atoms with Gasteiger partial charge in [0.1, 0.15) is 5.75 Å². The lowest BCUT2D eigenvalue weighted by Gasteiger charge is -2.06. The van der Waals surface area contributed by atoms with Crippen LogP contribution in [-0.4, -0.2) is 6.61 Å². The van der Waals surface area contributed by atoms with Crippen LogP contribution in [0.1, 0.15) is 79.8 Å². The SMILES string of the molecule is CCCCC#Cc1ccc2cc(C#Cc3ccc(C#Cc4ccc5cc(OCCC)ccc5c4)cc3CC)ccc2c1. The highest BCUT2D eigenvalue weighted by Gasteiger charge is 2.02. The van der Waals surface area contributed by atoms with E-state index < -0.39 is 0 Å². The summed E-state index contributed by atoms with van der Waals surface area (Å²) in [4.78, 5) is 0. The summed E-state index contributed by atoms with van der Waals surface area (Å²) in [6.07, 6.45) is 5.19. The molecule has 0 unspecified atom stereocenters. The minimum Gasteiger partial charge on any atom is -0.494 e. The molecule has 0 N–H and O–H groups in total. The van der Waals surface area contributed by atoms with Crippen LogP contribution < -0.4 is 4.74 Å². The molecule has 5 aromatic carbocycles. The van der Waals surface area contributed by atoms with Crippen molar-refractivity contribution in [1.29, 1.82) is 0 Å². The molecule has 0 aliphatic rings. The van der Waals surface area contributed by atoms with Gasteiger partial charge in [-0.2, -0.15) is 0 Å². The normalized spacial score (nSPS) is 10.3. The van der Waals surface area contributed by atoms with Gasteiger partial charge < -0.3 is 4.74 Å². The number of benzene rings is 5. The van der Waals surface area contributed by atoms with Crippen molar-refractivity contribution in [2.45, 2.75) is 52.9 Å². The van der Waals surface area contributed by atoms with E-state index in [0.717, 1.165) is 76.6 Å². The van der Waals surface area contributed by atoms with Crippen molar-refractivity contribution in [2.75, 3.05) is 6.61 Å². The quantitative estimate of drug-likeness (QED) is 0.153. The van der Waals surface area contributed by atoms with E-state index >= 15 is 0 Å². The summed E-state index contributed by atoms with van der Waals surface area (Å²) in [5, 5.41) is 4.70. The fourth-order valence-corrected chi connectivity index (χ4v) is 4.81. The summed E-state index contributed by atoms with van der Waals surface area (Å²) >= 11 is 0. The van der Waals surface area contributed by atoms with Crippen molar-refractivity contribution < 1.29 is 4.74 Å². The van der Waals surface area contributed by atoms with Gasteiger partial charge in [0.2, 0.25) is 0 Å². The van der Waals surface area contributed by atoms with E-state index in [9.17, 15) is 0 Å². The summed E-state index contributed by atoms with van der Waals surface area (Å²) < 4.78 is 5.77. The van der Waals surface area contributed by atoms with Gasteiger partial charge in [-0.05, 0) is 113 Å². The van der Waals surface area contributed by atoms with Crippen molar-refractivity contribution in [3.05, 3.63) is 124 Å². The molecule has 42 heavy (non-hydrogen) atoms. The maximum absolute atomic E-state index is 5.77. The highest BCUT2D eigenvalue weighted by atomic mass is 16.5. The topological polar surface area (TPSA) is 9.23 Å². The maximum atomic E-state index is 5.77. The summed E-state index contributed by atoms with van der Waals surface area (Å²) in [5.41, 5.74) is 6.33. The summed E-state index contributed by atoms with van der Waals surface area (Å²) in [6, 6.07) is 31.7. The molecule has 0 bridgehead atoms. The average Bonchev–Trinajstić information content (AvgIpc) is 3.03. The van der Waals surface area contributed by atoms with Crippen molar-refractivity contribution in [1.82, 2.24) is 0 Å². The number of ether oxygens (including phenoxy) is 1. The molecule has 0 saturated heterocycles. The van der Waals surface area contributed by atoms with Gasteiger partial charge >= 0.3 is 0 Å². The van der Waals surface area contributed by atoms with Gasteiger partial charge in [-0.25, -0.2) is 0 Å². The van der Waals surface area contributed by atoms with Gasteiger partial charge in [-0.1, -0.05) is 87.0 Å². The van der Waals surface area contributed by atoms with Gasteiger partial charge in [0, 0.05) is 34.2 Å². The van der Waals surface area contributed by atoms with Crippen LogP contribution in [0.25, 0.3) is 21.5 Å². The Morgan fingerprint density at radius 1 is 0.524 bits per heavy atom. The lowest BCUT2D eigenvalue weighted by atomic mass is 10.0. The maximum Gasteiger partial charge on any atom is 0.119 e. The third-order valence-corrected chi connectivity index (χ3v) is 7.19. The zero-order chi connectivity index (χ0) is 29.1. The molecular formula is C41H36O. The number of hydrogen-bond donors (Lipinski definition) is 0. The summed E-state index contributed by atoms with van der Waals surface area (Å²) in [5.74, 6) is 21.0. The molecule has 0 radical (unpaired) electrons. The molecule has 5 rings (SSSR count). The molecule has 5 aromatic rings. The molecular weight excluding hydrogens is 508 g/mol. The Labute approximate surface area is 250 Å². The van der Waals surface area contributed by atoms with Crippen molar-refractivity contribution in [3.63, 3.8) is 0 Å². The molecule has 0 aromatic heterocycles. The van der Waals surface area contributed by atoms with Crippen molar-refractivity contribution >= 4 is 21.5 Å². The molecule has 1 heteroatoms. The van der Waals surface area contributed by atoms with E-state index in [1.54, 1.807) is 0 Å². The molecule has 0 saturated carbocycles. The van der Waals surface area contributed by atoms with Crippen LogP contribution in [0.2, 0.25) is 0 Å². The van der Waals surface area contributed by atoms with Gasteiger partial charge in [0.25, 0.3) is 0 Å². The molecule has 1 nitrogen and oxygen atoms in total. The summed E-state index contributed by atoms with van der Waals surface area (Å²) in [6.45, 7) is 7.21. The second-order valence-corrected chi connectivity index (χ2v) is 10.5.